The van der Waals surface area contributed by atoms with Gasteiger partial charge in [0.2, 0.25) is 10.0 Å². The van der Waals surface area contributed by atoms with Crippen molar-refractivity contribution in [1.29, 1.82) is 0 Å². The molecular formula is C23H24N6O4S. The number of sulfonamides is 1. The SMILES string of the molecule is COc1ccc(S(=O)(=O)N2CCC[C@@H](c3nc4c(nnn4Cc4ccccc4)c(=O)[nH]3)C2)cc1. The fourth-order valence-electron chi connectivity index (χ4n) is 4.22. The molecule has 0 radical (unpaired) electrons. The third-order valence-electron chi connectivity index (χ3n) is 6.04. The highest BCUT2D eigenvalue weighted by Gasteiger charge is 2.32. The molecule has 11 heteroatoms. The molecule has 0 aliphatic carbocycles. The molecule has 5 rings (SSSR count). The van der Waals surface area contributed by atoms with Gasteiger partial charge in [-0.15, -0.1) is 5.10 Å². The van der Waals surface area contributed by atoms with Crippen LogP contribution in [0, 0.1) is 0 Å². The van der Waals surface area contributed by atoms with E-state index in [2.05, 4.69) is 20.3 Å². The van der Waals surface area contributed by atoms with Gasteiger partial charge < -0.3 is 9.72 Å². The van der Waals surface area contributed by atoms with E-state index in [0.29, 0.717) is 43.2 Å². The highest BCUT2D eigenvalue weighted by Crippen LogP contribution is 2.29. The van der Waals surface area contributed by atoms with Crippen LogP contribution in [0.25, 0.3) is 11.2 Å². The molecular weight excluding hydrogens is 456 g/mol. The average molecular weight is 481 g/mol. The number of aromatic nitrogens is 5. The maximum absolute atomic E-state index is 13.2. The molecule has 0 spiro atoms. The molecule has 4 aromatic rings. The van der Waals surface area contributed by atoms with Gasteiger partial charge in [0.15, 0.2) is 11.2 Å². The first-order valence-corrected chi connectivity index (χ1v) is 12.4. The van der Waals surface area contributed by atoms with E-state index in [-0.39, 0.29) is 28.4 Å². The number of nitrogens with zero attached hydrogens (tertiary/aromatic N) is 5. The number of ether oxygens (including phenoxy) is 1. The number of methoxy groups -OCH3 is 1. The molecule has 1 N–H and O–H groups in total. The van der Waals surface area contributed by atoms with Gasteiger partial charge >= 0.3 is 0 Å². The molecule has 0 amide bonds. The molecule has 1 atom stereocenters. The summed E-state index contributed by atoms with van der Waals surface area (Å²) < 4.78 is 34.6. The quantitative estimate of drug-likeness (QED) is 0.448. The topological polar surface area (TPSA) is 123 Å². The number of hydrogen-bond donors (Lipinski definition) is 1. The van der Waals surface area contributed by atoms with Gasteiger partial charge in [0.05, 0.1) is 18.6 Å². The van der Waals surface area contributed by atoms with Crippen LogP contribution in [0.2, 0.25) is 0 Å². The minimum atomic E-state index is -3.69. The first kappa shape index (κ1) is 22.2. The number of nitrogens with one attached hydrogen (secondary N) is 1. The van der Waals surface area contributed by atoms with E-state index in [0.717, 1.165) is 5.56 Å². The summed E-state index contributed by atoms with van der Waals surface area (Å²) in [6.45, 7) is 1.06. The molecule has 3 heterocycles. The molecule has 2 aromatic heterocycles. The van der Waals surface area contributed by atoms with Gasteiger partial charge in [0.1, 0.15) is 11.6 Å². The summed E-state index contributed by atoms with van der Waals surface area (Å²) in [6, 6.07) is 16.0. The van der Waals surface area contributed by atoms with Gasteiger partial charge in [0, 0.05) is 19.0 Å². The fourth-order valence-corrected chi connectivity index (χ4v) is 5.74. The number of benzene rings is 2. The van der Waals surface area contributed by atoms with Crippen LogP contribution in [-0.4, -0.2) is 57.9 Å². The number of rotatable bonds is 6. The van der Waals surface area contributed by atoms with Crippen LogP contribution in [0.1, 0.15) is 30.1 Å². The zero-order valence-electron chi connectivity index (χ0n) is 18.6. The molecule has 10 nitrogen and oxygen atoms in total. The Labute approximate surface area is 196 Å². The summed E-state index contributed by atoms with van der Waals surface area (Å²) in [5, 5.41) is 8.11. The van der Waals surface area contributed by atoms with Gasteiger partial charge in [0.25, 0.3) is 5.56 Å². The summed E-state index contributed by atoms with van der Waals surface area (Å²) in [4.78, 5) is 20.4. The van der Waals surface area contributed by atoms with Crippen LogP contribution >= 0.6 is 0 Å². The Morgan fingerprint density at radius 1 is 1.12 bits per heavy atom. The van der Waals surface area contributed by atoms with Gasteiger partial charge in [-0.3, -0.25) is 4.79 Å². The molecule has 1 aliphatic rings. The van der Waals surface area contributed by atoms with Crippen molar-refractivity contribution in [3.8, 4) is 5.75 Å². The van der Waals surface area contributed by atoms with E-state index in [1.807, 2.05) is 30.3 Å². The summed E-state index contributed by atoms with van der Waals surface area (Å²) in [7, 11) is -2.16. The van der Waals surface area contributed by atoms with Crippen LogP contribution in [0.5, 0.6) is 5.75 Å². The maximum Gasteiger partial charge on any atom is 0.281 e. The van der Waals surface area contributed by atoms with E-state index in [9.17, 15) is 13.2 Å². The summed E-state index contributed by atoms with van der Waals surface area (Å²) in [5.41, 5.74) is 1.18. The van der Waals surface area contributed by atoms with E-state index >= 15 is 0 Å². The Hall–Kier alpha value is -3.57. The Balaban J connectivity index is 1.44. The van der Waals surface area contributed by atoms with Crippen molar-refractivity contribution in [3.05, 3.63) is 76.3 Å². The van der Waals surface area contributed by atoms with Crippen molar-refractivity contribution in [3.63, 3.8) is 0 Å². The lowest BCUT2D eigenvalue weighted by molar-refractivity contribution is 0.309. The Morgan fingerprint density at radius 2 is 1.88 bits per heavy atom. The average Bonchev–Trinajstić information content (AvgIpc) is 3.28. The Kier molecular flexibility index (Phi) is 5.88. The highest BCUT2D eigenvalue weighted by molar-refractivity contribution is 7.89. The van der Waals surface area contributed by atoms with Gasteiger partial charge in [-0.2, -0.15) is 4.31 Å². The van der Waals surface area contributed by atoms with E-state index in [4.69, 9.17) is 4.74 Å². The van der Waals surface area contributed by atoms with Crippen molar-refractivity contribution in [2.24, 2.45) is 0 Å². The van der Waals surface area contributed by atoms with E-state index in [1.165, 1.54) is 23.5 Å². The second kappa shape index (κ2) is 8.99. The Bertz CT molecular complexity index is 1470. The lowest BCUT2D eigenvalue weighted by Crippen LogP contribution is -2.39. The number of aromatic amines is 1. The minimum Gasteiger partial charge on any atom is -0.497 e. The van der Waals surface area contributed by atoms with Crippen molar-refractivity contribution < 1.29 is 13.2 Å². The van der Waals surface area contributed by atoms with Gasteiger partial charge in [-0.1, -0.05) is 35.5 Å². The zero-order valence-corrected chi connectivity index (χ0v) is 19.4. The maximum atomic E-state index is 13.2. The van der Waals surface area contributed by atoms with E-state index < -0.39 is 10.0 Å². The van der Waals surface area contributed by atoms with Crippen LogP contribution in [0.4, 0.5) is 0 Å². The molecule has 34 heavy (non-hydrogen) atoms. The molecule has 2 aromatic carbocycles. The largest absolute Gasteiger partial charge is 0.497 e. The molecule has 0 bridgehead atoms. The third kappa shape index (κ3) is 4.19. The van der Waals surface area contributed by atoms with Crippen molar-refractivity contribution in [2.75, 3.05) is 20.2 Å². The van der Waals surface area contributed by atoms with Crippen molar-refractivity contribution >= 4 is 21.2 Å². The smallest absolute Gasteiger partial charge is 0.281 e. The molecule has 0 saturated carbocycles. The summed E-state index contributed by atoms with van der Waals surface area (Å²) in [5.74, 6) is 0.786. The standard InChI is InChI=1S/C23H24N6O4S/c1-33-18-9-11-19(12-10-18)34(31,32)28-13-5-8-17(15-28)21-24-22-20(23(30)25-21)26-27-29(22)14-16-6-3-2-4-7-16/h2-4,6-7,9-12,17H,5,8,13-15H2,1H3,(H,24,25,30)/t17-/m1/s1. The van der Waals surface area contributed by atoms with E-state index in [1.54, 1.807) is 16.8 Å². The monoisotopic (exact) mass is 480 g/mol. The van der Waals surface area contributed by atoms with Crippen molar-refractivity contribution in [1.82, 2.24) is 29.3 Å². The van der Waals surface area contributed by atoms with Crippen molar-refractivity contribution in [2.45, 2.75) is 30.2 Å². The highest BCUT2D eigenvalue weighted by atomic mass is 32.2. The van der Waals surface area contributed by atoms with Crippen LogP contribution in [0.15, 0.2) is 64.3 Å². The first-order chi connectivity index (χ1) is 16.5. The summed E-state index contributed by atoms with van der Waals surface area (Å²) in [6.07, 6.45) is 1.37. The number of H-pyrrole nitrogens is 1. The third-order valence-corrected chi connectivity index (χ3v) is 7.91. The number of hydrogen-bond acceptors (Lipinski definition) is 7. The molecule has 176 valence electrons. The zero-order chi connectivity index (χ0) is 23.7. The second-order valence-electron chi connectivity index (χ2n) is 8.23. The Morgan fingerprint density at radius 3 is 2.62 bits per heavy atom. The first-order valence-electron chi connectivity index (χ1n) is 11.0. The molecule has 0 unspecified atom stereocenters. The minimum absolute atomic E-state index is 0.165. The lowest BCUT2D eigenvalue weighted by Gasteiger charge is -2.31. The molecule has 1 fully saturated rings. The van der Waals surface area contributed by atoms with Gasteiger partial charge in [-0.05, 0) is 42.7 Å². The molecule has 1 saturated heterocycles. The number of piperidine rings is 1. The van der Waals surface area contributed by atoms with Gasteiger partial charge in [-0.25, -0.2) is 18.1 Å². The normalized spacial score (nSPS) is 17.1. The fraction of sp³-hybridized carbons (Fsp3) is 0.304. The van der Waals surface area contributed by atoms with Crippen LogP contribution < -0.4 is 10.3 Å². The predicted octanol–water partition coefficient (Wildman–Crippen LogP) is 2.14. The predicted molar refractivity (Wildman–Crippen MR) is 125 cm³/mol. The second-order valence-corrected chi connectivity index (χ2v) is 10.2. The van der Waals surface area contributed by atoms with Crippen LogP contribution in [-0.2, 0) is 16.6 Å². The van der Waals surface area contributed by atoms with Crippen LogP contribution in [0.3, 0.4) is 0 Å². The summed E-state index contributed by atoms with van der Waals surface area (Å²) >= 11 is 0. The number of fused-ring (bicyclic) bond motifs is 1. The lowest BCUT2D eigenvalue weighted by atomic mass is 9.99. The molecule has 1 aliphatic heterocycles.